The summed E-state index contributed by atoms with van der Waals surface area (Å²) in [5.74, 6) is -0.869. The van der Waals surface area contributed by atoms with Gasteiger partial charge in [-0.3, -0.25) is 0 Å². The minimum absolute atomic E-state index is 0.363. The van der Waals surface area contributed by atoms with Crippen molar-refractivity contribution in [2.75, 3.05) is 19.0 Å². The summed E-state index contributed by atoms with van der Waals surface area (Å²) in [5, 5.41) is 13.8. The summed E-state index contributed by atoms with van der Waals surface area (Å²) in [6.45, 7) is 1.46. The Hall–Kier alpha value is -1.85. The molecule has 2 N–H and O–H groups in total. The lowest BCUT2D eigenvalue weighted by molar-refractivity contribution is 0.0697. The van der Waals surface area contributed by atoms with Crippen LogP contribution in [0.4, 0.5) is 5.69 Å². The van der Waals surface area contributed by atoms with Crippen LogP contribution in [0.25, 0.3) is 0 Å². The van der Waals surface area contributed by atoms with Crippen molar-refractivity contribution in [1.82, 2.24) is 5.32 Å². The molecule has 1 aromatic carbocycles. The molecule has 2 rings (SSSR count). The van der Waals surface area contributed by atoms with E-state index in [4.69, 9.17) is 5.11 Å². The van der Waals surface area contributed by atoms with E-state index in [0.29, 0.717) is 12.1 Å². The van der Waals surface area contributed by atoms with E-state index < -0.39 is 5.97 Å². The van der Waals surface area contributed by atoms with Crippen LogP contribution in [0.15, 0.2) is 35.7 Å². The number of benzene rings is 1. The molecule has 0 unspecified atom stereocenters. The number of carboxylic acid groups (broad SMARTS) is 1. The van der Waals surface area contributed by atoms with Crippen molar-refractivity contribution < 1.29 is 9.90 Å². The van der Waals surface area contributed by atoms with Gasteiger partial charge in [0.2, 0.25) is 0 Å². The van der Waals surface area contributed by atoms with Crippen molar-refractivity contribution in [3.8, 4) is 0 Å². The van der Waals surface area contributed by atoms with Crippen LogP contribution in [0.1, 0.15) is 20.8 Å². The second kappa shape index (κ2) is 6.54. The van der Waals surface area contributed by atoms with Crippen LogP contribution in [-0.2, 0) is 13.1 Å². The molecule has 0 aliphatic rings. The third-order valence-electron chi connectivity index (χ3n) is 2.98. The second-order valence-corrected chi connectivity index (χ2v) is 5.77. The fourth-order valence-corrected chi connectivity index (χ4v) is 2.66. The number of nitrogens with zero attached hydrogens (tertiary/aromatic N) is 1. The van der Waals surface area contributed by atoms with E-state index >= 15 is 0 Å². The maximum atomic E-state index is 10.8. The van der Waals surface area contributed by atoms with E-state index in [1.54, 1.807) is 11.4 Å². The highest BCUT2D eigenvalue weighted by Crippen LogP contribution is 2.15. The summed E-state index contributed by atoms with van der Waals surface area (Å²) < 4.78 is 0. The van der Waals surface area contributed by atoms with Gasteiger partial charge in [-0.05, 0) is 23.8 Å². The van der Waals surface area contributed by atoms with Crippen LogP contribution < -0.4 is 10.2 Å². The first kappa shape index (κ1) is 14.6. The molecular formula is C15H18N2O2S. The zero-order chi connectivity index (χ0) is 14.5. The number of hydrogen-bond donors (Lipinski definition) is 2. The fourth-order valence-electron chi connectivity index (χ4n) is 1.83. The summed E-state index contributed by atoms with van der Waals surface area (Å²) in [4.78, 5) is 13.9. The molecule has 1 heterocycles. The molecule has 0 amide bonds. The van der Waals surface area contributed by atoms with E-state index in [0.717, 1.165) is 11.4 Å². The lowest BCUT2D eigenvalue weighted by Crippen LogP contribution is -2.12. The number of anilines is 1. The predicted octanol–water partition coefficient (Wildman–Crippen LogP) is 2.80. The lowest BCUT2D eigenvalue weighted by atomic mass is 10.2. The number of carboxylic acids is 1. The Kier molecular flexibility index (Phi) is 4.76. The van der Waals surface area contributed by atoms with Gasteiger partial charge in [-0.25, -0.2) is 4.79 Å². The quantitative estimate of drug-likeness (QED) is 0.859. The van der Waals surface area contributed by atoms with Gasteiger partial charge in [0.1, 0.15) is 0 Å². The number of aromatic carboxylic acids is 1. The van der Waals surface area contributed by atoms with Crippen molar-refractivity contribution in [2.45, 2.75) is 13.1 Å². The third kappa shape index (κ3) is 3.82. The van der Waals surface area contributed by atoms with Crippen LogP contribution in [0.3, 0.4) is 0 Å². The van der Waals surface area contributed by atoms with Crippen LogP contribution in [-0.4, -0.2) is 25.2 Å². The largest absolute Gasteiger partial charge is 0.478 e. The average molecular weight is 290 g/mol. The molecule has 2 aromatic rings. The number of nitrogens with one attached hydrogen (secondary N) is 1. The Morgan fingerprint density at radius 3 is 2.50 bits per heavy atom. The van der Waals surface area contributed by atoms with Crippen LogP contribution in [0, 0.1) is 0 Å². The maximum Gasteiger partial charge on any atom is 0.336 e. The van der Waals surface area contributed by atoms with Crippen molar-refractivity contribution in [3.63, 3.8) is 0 Å². The van der Waals surface area contributed by atoms with Crippen molar-refractivity contribution in [3.05, 3.63) is 51.7 Å². The Bertz CT molecular complexity index is 576. The van der Waals surface area contributed by atoms with Crippen molar-refractivity contribution in [2.24, 2.45) is 0 Å². The summed E-state index contributed by atoms with van der Waals surface area (Å²) in [6.07, 6.45) is 0. The number of rotatable bonds is 6. The summed E-state index contributed by atoms with van der Waals surface area (Å²) in [7, 11) is 4.04. The molecule has 20 heavy (non-hydrogen) atoms. The van der Waals surface area contributed by atoms with Crippen molar-refractivity contribution >= 4 is 23.0 Å². The smallest absolute Gasteiger partial charge is 0.336 e. The first-order valence-electron chi connectivity index (χ1n) is 6.34. The number of thiophene rings is 1. The Morgan fingerprint density at radius 2 is 1.95 bits per heavy atom. The van der Waals surface area contributed by atoms with Gasteiger partial charge in [-0.1, -0.05) is 12.1 Å². The van der Waals surface area contributed by atoms with E-state index in [2.05, 4.69) is 34.5 Å². The minimum Gasteiger partial charge on any atom is -0.478 e. The highest BCUT2D eigenvalue weighted by molar-refractivity contribution is 7.10. The topological polar surface area (TPSA) is 52.6 Å². The molecule has 0 atom stereocenters. The lowest BCUT2D eigenvalue weighted by Gasteiger charge is -2.12. The Morgan fingerprint density at radius 1 is 1.25 bits per heavy atom. The SMILES string of the molecule is CN(C)c1ccc(CNCc2cc(C(=O)O)cs2)cc1. The van der Waals surface area contributed by atoms with E-state index in [1.807, 2.05) is 14.1 Å². The molecule has 0 aliphatic carbocycles. The van der Waals surface area contributed by atoms with Crippen LogP contribution in [0.2, 0.25) is 0 Å². The minimum atomic E-state index is -0.869. The normalized spacial score (nSPS) is 10.5. The van der Waals surface area contributed by atoms with Crippen LogP contribution in [0.5, 0.6) is 0 Å². The molecule has 4 nitrogen and oxygen atoms in total. The fraction of sp³-hybridized carbons (Fsp3) is 0.267. The molecule has 0 radical (unpaired) electrons. The molecule has 0 fully saturated rings. The van der Waals surface area contributed by atoms with Gasteiger partial charge in [0.25, 0.3) is 0 Å². The summed E-state index contributed by atoms with van der Waals surface area (Å²) in [5.41, 5.74) is 2.76. The third-order valence-corrected chi connectivity index (χ3v) is 3.92. The van der Waals surface area contributed by atoms with Crippen molar-refractivity contribution in [1.29, 1.82) is 0 Å². The molecule has 0 saturated carbocycles. The van der Waals surface area contributed by atoms with Gasteiger partial charge < -0.3 is 15.3 Å². The van der Waals surface area contributed by atoms with Gasteiger partial charge in [0.15, 0.2) is 0 Å². The first-order valence-corrected chi connectivity index (χ1v) is 7.22. The first-order chi connectivity index (χ1) is 9.56. The predicted molar refractivity (Wildman–Crippen MR) is 82.6 cm³/mol. The van der Waals surface area contributed by atoms with E-state index in [1.165, 1.54) is 22.6 Å². The molecule has 0 bridgehead atoms. The molecular weight excluding hydrogens is 272 g/mol. The van der Waals surface area contributed by atoms with E-state index in [9.17, 15) is 4.79 Å². The van der Waals surface area contributed by atoms with E-state index in [-0.39, 0.29) is 0 Å². The summed E-state index contributed by atoms with van der Waals surface area (Å²) in [6, 6.07) is 10.1. The number of carbonyl (C=O) groups is 1. The monoisotopic (exact) mass is 290 g/mol. The second-order valence-electron chi connectivity index (χ2n) is 4.77. The highest BCUT2D eigenvalue weighted by atomic mass is 32.1. The standard InChI is InChI=1S/C15H18N2O2S/c1-17(2)13-5-3-11(4-6-13)8-16-9-14-7-12(10-20-14)15(18)19/h3-7,10,16H,8-9H2,1-2H3,(H,18,19). The van der Waals surface area contributed by atoms with Crippen LogP contribution >= 0.6 is 11.3 Å². The van der Waals surface area contributed by atoms with Gasteiger partial charge in [-0.15, -0.1) is 11.3 Å². The molecule has 5 heteroatoms. The molecule has 1 aromatic heterocycles. The highest BCUT2D eigenvalue weighted by Gasteiger charge is 2.05. The average Bonchev–Trinajstić information content (AvgIpc) is 2.88. The maximum absolute atomic E-state index is 10.8. The zero-order valence-electron chi connectivity index (χ0n) is 11.6. The zero-order valence-corrected chi connectivity index (χ0v) is 12.4. The van der Waals surface area contributed by atoms with Gasteiger partial charge in [0, 0.05) is 43.1 Å². The van der Waals surface area contributed by atoms with Gasteiger partial charge in [0.05, 0.1) is 5.56 Å². The summed E-state index contributed by atoms with van der Waals surface area (Å²) >= 11 is 1.47. The molecule has 0 saturated heterocycles. The molecule has 0 spiro atoms. The number of hydrogen-bond acceptors (Lipinski definition) is 4. The Balaban J connectivity index is 1.84. The molecule has 0 aliphatic heterocycles. The molecule has 106 valence electrons. The van der Waals surface area contributed by atoms with Gasteiger partial charge in [-0.2, -0.15) is 0 Å². The van der Waals surface area contributed by atoms with Gasteiger partial charge >= 0.3 is 5.97 Å². The Labute approximate surface area is 122 Å².